The van der Waals surface area contributed by atoms with Crippen molar-refractivity contribution in [1.29, 1.82) is 0 Å². The largest absolute Gasteiger partial charge is 0.329 e. The number of amides is 1. The van der Waals surface area contributed by atoms with E-state index in [1.54, 1.807) is 0 Å². The topological polar surface area (TPSA) is 20.3 Å². The fourth-order valence-corrected chi connectivity index (χ4v) is 3.35. The van der Waals surface area contributed by atoms with Gasteiger partial charge in [-0.05, 0) is 48.7 Å². The molecule has 0 aliphatic carbocycles. The summed E-state index contributed by atoms with van der Waals surface area (Å²) in [6, 6.07) is 8.10. The highest BCUT2D eigenvalue weighted by Crippen LogP contribution is 2.26. The van der Waals surface area contributed by atoms with Crippen LogP contribution in [-0.2, 0) is 0 Å². The van der Waals surface area contributed by atoms with Crippen molar-refractivity contribution >= 4 is 40.2 Å². The highest BCUT2D eigenvalue weighted by molar-refractivity contribution is 8.13. The van der Waals surface area contributed by atoms with Crippen LogP contribution < -0.4 is 0 Å². The molecule has 0 radical (unpaired) electrons. The molecule has 5 heteroatoms. The van der Waals surface area contributed by atoms with E-state index in [-0.39, 0.29) is 16.7 Å². The highest BCUT2D eigenvalue weighted by atomic mass is 35.5. The first kappa shape index (κ1) is 19.7. The SMILES string of the molecule is CCCN(C(=O)Sc1ccc(C(C)C)cc1)C(C)C(Cl)CCl. The fourth-order valence-electron chi connectivity index (χ4n) is 2.11. The van der Waals surface area contributed by atoms with Crippen LogP contribution in [-0.4, -0.2) is 34.0 Å². The minimum atomic E-state index is -0.235. The van der Waals surface area contributed by atoms with Crippen molar-refractivity contribution in [1.82, 2.24) is 4.90 Å². The number of carbonyl (C=O) groups excluding carboxylic acids is 1. The highest BCUT2D eigenvalue weighted by Gasteiger charge is 2.25. The molecule has 1 rings (SSSR count). The molecule has 0 saturated carbocycles. The number of benzene rings is 1. The van der Waals surface area contributed by atoms with E-state index in [0.29, 0.717) is 18.3 Å². The smallest absolute Gasteiger partial charge is 0.286 e. The molecule has 2 unspecified atom stereocenters. The van der Waals surface area contributed by atoms with Gasteiger partial charge in [0, 0.05) is 23.4 Å². The summed E-state index contributed by atoms with van der Waals surface area (Å²) in [5.41, 5.74) is 1.28. The third-order valence-corrected chi connectivity index (χ3v) is 5.54. The Kier molecular flexibility index (Phi) is 8.66. The lowest BCUT2D eigenvalue weighted by Crippen LogP contribution is -2.42. The first-order valence-electron chi connectivity index (χ1n) is 7.69. The maximum absolute atomic E-state index is 12.6. The number of thioether (sulfide) groups is 1. The van der Waals surface area contributed by atoms with E-state index < -0.39 is 0 Å². The van der Waals surface area contributed by atoms with E-state index in [1.807, 2.05) is 24.0 Å². The van der Waals surface area contributed by atoms with Crippen molar-refractivity contribution in [2.75, 3.05) is 12.4 Å². The van der Waals surface area contributed by atoms with Gasteiger partial charge in [-0.1, -0.05) is 32.9 Å². The van der Waals surface area contributed by atoms with Gasteiger partial charge in [0.1, 0.15) is 0 Å². The van der Waals surface area contributed by atoms with Gasteiger partial charge in [0.05, 0.1) is 5.38 Å². The number of hydrogen-bond acceptors (Lipinski definition) is 2. The van der Waals surface area contributed by atoms with Crippen LogP contribution in [0.1, 0.15) is 45.6 Å². The molecule has 1 amide bonds. The van der Waals surface area contributed by atoms with E-state index in [2.05, 4.69) is 32.9 Å². The summed E-state index contributed by atoms with van der Waals surface area (Å²) < 4.78 is 0. The number of halogens is 2. The van der Waals surface area contributed by atoms with Crippen LogP contribution in [0, 0.1) is 0 Å². The van der Waals surface area contributed by atoms with Crippen LogP contribution in [0.5, 0.6) is 0 Å². The molecule has 0 aromatic heterocycles. The molecule has 22 heavy (non-hydrogen) atoms. The third-order valence-electron chi connectivity index (χ3n) is 3.61. The number of alkyl halides is 2. The number of hydrogen-bond donors (Lipinski definition) is 0. The normalized spacial score (nSPS) is 14.0. The lowest BCUT2D eigenvalue weighted by molar-refractivity contribution is 0.203. The zero-order chi connectivity index (χ0) is 16.7. The molecular formula is C17H25Cl2NOS. The van der Waals surface area contributed by atoms with Gasteiger partial charge >= 0.3 is 0 Å². The first-order valence-corrected chi connectivity index (χ1v) is 9.47. The molecule has 0 aliphatic heterocycles. The molecule has 0 saturated heterocycles. The number of nitrogens with zero attached hydrogens (tertiary/aromatic N) is 1. The van der Waals surface area contributed by atoms with E-state index in [9.17, 15) is 4.79 Å². The maximum Gasteiger partial charge on any atom is 0.286 e. The van der Waals surface area contributed by atoms with Gasteiger partial charge in [-0.25, -0.2) is 0 Å². The van der Waals surface area contributed by atoms with Gasteiger partial charge in [-0.3, -0.25) is 4.79 Å². The second kappa shape index (κ2) is 9.69. The monoisotopic (exact) mass is 361 g/mol. The third kappa shape index (κ3) is 5.68. The Morgan fingerprint density at radius 2 is 1.82 bits per heavy atom. The molecule has 0 bridgehead atoms. The van der Waals surface area contributed by atoms with Crippen LogP contribution in [0.15, 0.2) is 29.2 Å². The standard InChI is InChI=1S/C17H25Cl2NOS/c1-5-10-20(13(4)16(19)11-18)17(21)22-15-8-6-14(7-9-15)12(2)3/h6-9,12-13,16H,5,10-11H2,1-4H3. The van der Waals surface area contributed by atoms with Crippen molar-refractivity contribution in [2.24, 2.45) is 0 Å². The Balaban J connectivity index is 2.78. The van der Waals surface area contributed by atoms with Gasteiger partial charge in [0.15, 0.2) is 0 Å². The molecule has 124 valence electrons. The second-order valence-corrected chi connectivity index (χ2v) is 7.59. The van der Waals surface area contributed by atoms with Crippen molar-refractivity contribution in [2.45, 2.75) is 56.3 Å². The van der Waals surface area contributed by atoms with Gasteiger partial charge in [0.2, 0.25) is 0 Å². The lowest BCUT2D eigenvalue weighted by Gasteiger charge is -2.30. The van der Waals surface area contributed by atoms with Crippen molar-refractivity contribution in [3.8, 4) is 0 Å². The average Bonchev–Trinajstić information content (AvgIpc) is 2.51. The summed E-state index contributed by atoms with van der Waals surface area (Å²) in [4.78, 5) is 15.3. The molecule has 1 aromatic carbocycles. The summed E-state index contributed by atoms with van der Waals surface area (Å²) in [5.74, 6) is 0.830. The Labute approximate surface area is 148 Å². The molecule has 1 aromatic rings. The van der Waals surface area contributed by atoms with E-state index in [0.717, 1.165) is 11.3 Å². The van der Waals surface area contributed by atoms with Crippen LogP contribution in [0.25, 0.3) is 0 Å². The Morgan fingerprint density at radius 1 is 1.23 bits per heavy atom. The predicted octanol–water partition coefficient (Wildman–Crippen LogP) is 5.97. The Hall–Kier alpha value is -0.380. The first-order chi connectivity index (χ1) is 10.4. The fraction of sp³-hybridized carbons (Fsp3) is 0.588. The van der Waals surface area contributed by atoms with Crippen LogP contribution in [0.4, 0.5) is 4.79 Å². The van der Waals surface area contributed by atoms with E-state index in [4.69, 9.17) is 23.2 Å². The maximum atomic E-state index is 12.6. The lowest BCUT2D eigenvalue weighted by atomic mass is 10.0. The zero-order valence-corrected chi connectivity index (χ0v) is 16.0. The summed E-state index contributed by atoms with van der Waals surface area (Å²) in [6.45, 7) is 9.02. The summed E-state index contributed by atoms with van der Waals surface area (Å²) in [5, 5.41) is -0.205. The molecule has 0 aliphatic rings. The average molecular weight is 362 g/mol. The van der Waals surface area contributed by atoms with E-state index in [1.165, 1.54) is 17.3 Å². The molecule has 0 spiro atoms. The van der Waals surface area contributed by atoms with Crippen molar-refractivity contribution < 1.29 is 4.79 Å². The van der Waals surface area contributed by atoms with E-state index >= 15 is 0 Å². The number of rotatable bonds is 7. The van der Waals surface area contributed by atoms with Crippen LogP contribution >= 0.6 is 35.0 Å². The summed E-state index contributed by atoms with van der Waals surface area (Å²) in [6.07, 6.45) is 0.898. The molecule has 2 atom stereocenters. The molecule has 0 N–H and O–H groups in total. The van der Waals surface area contributed by atoms with Crippen molar-refractivity contribution in [3.05, 3.63) is 29.8 Å². The Bertz CT molecular complexity index is 464. The van der Waals surface area contributed by atoms with Crippen LogP contribution in [0.2, 0.25) is 0 Å². The summed E-state index contributed by atoms with van der Waals surface area (Å²) >= 11 is 13.3. The Morgan fingerprint density at radius 3 is 2.27 bits per heavy atom. The molecule has 0 fully saturated rings. The molecule has 0 heterocycles. The van der Waals surface area contributed by atoms with Gasteiger partial charge in [0.25, 0.3) is 5.24 Å². The van der Waals surface area contributed by atoms with Gasteiger partial charge < -0.3 is 4.90 Å². The van der Waals surface area contributed by atoms with Crippen LogP contribution in [0.3, 0.4) is 0 Å². The minimum Gasteiger partial charge on any atom is -0.329 e. The minimum absolute atomic E-state index is 0.0300. The number of carbonyl (C=O) groups is 1. The second-order valence-electron chi connectivity index (χ2n) is 5.70. The quantitative estimate of drug-likeness (QED) is 0.440. The zero-order valence-electron chi connectivity index (χ0n) is 13.7. The van der Waals surface area contributed by atoms with Gasteiger partial charge in [-0.15, -0.1) is 23.2 Å². The predicted molar refractivity (Wildman–Crippen MR) is 98.6 cm³/mol. The van der Waals surface area contributed by atoms with Gasteiger partial charge in [-0.2, -0.15) is 0 Å². The molecule has 2 nitrogen and oxygen atoms in total. The molecular weight excluding hydrogens is 337 g/mol. The van der Waals surface area contributed by atoms with Crippen molar-refractivity contribution in [3.63, 3.8) is 0 Å². The summed E-state index contributed by atoms with van der Waals surface area (Å²) in [7, 11) is 0.